The predicted octanol–water partition coefficient (Wildman–Crippen LogP) is 6.47. The van der Waals surface area contributed by atoms with Gasteiger partial charge in [-0.25, -0.2) is 0 Å². The van der Waals surface area contributed by atoms with Crippen molar-refractivity contribution >= 4 is 12.6 Å². The maximum Gasteiger partial charge on any atom is 0.0558 e. The summed E-state index contributed by atoms with van der Waals surface area (Å²) in [6, 6.07) is 0. The fraction of sp³-hybridized carbons (Fsp3) is 1.00. The molecule has 0 heterocycles. The maximum atomic E-state index is 9.03. The van der Waals surface area contributed by atoms with Crippen molar-refractivity contribution in [3.63, 3.8) is 0 Å². The predicted molar refractivity (Wildman–Crippen MR) is 117 cm³/mol. The molecule has 0 aromatic carbocycles. The highest BCUT2D eigenvalue weighted by Gasteiger charge is 2.02. The molecule has 0 bridgehead atoms. The van der Waals surface area contributed by atoms with Crippen LogP contribution in [-0.2, 0) is 0 Å². The van der Waals surface area contributed by atoms with E-state index >= 15 is 0 Å². The first kappa shape index (κ1) is 25.3. The van der Waals surface area contributed by atoms with Crippen LogP contribution in [0.5, 0.6) is 0 Å². The second-order valence-electron chi connectivity index (χ2n) is 7.59. The fourth-order valence-electron chi connectivity index (χ4n) is 3.50. The molecule has 0 aliphatic carbocycles. The van der Waals surface area contributed by atoms with Crippen LogP contribution in [0.3, 0.4) is 0 Å². The van der Waals surface area contributed by atoms with Crippen LogP contribution in [0.2, 0.25) is 0 Å². The first-order valence-electron chi connectivity index (χ1n) is 11.3. The van der Waals surface area contributed by atoms with Crippen LogP contribution in [0.1, 0.15) is 110 Å². The number of aliphatic hydroxyl groups is 1. The van der Waals surface area contributed by atoms with Gasteiger partial charge in [-0.05, 0) is 13.0 Å². The van der Waals surface area contributed by atoms with E-state index in [1.807, 2.05) is 0 Å². The van der Waals surface area contributed by atoms with Gasteiger partial charge in [0.05, 0.1) is 6.61 Å². The average Bonchev–Trinajstić information content (AvgIpc) is 2.61. The number of hydrogen-bond acceptors (Lipinski definition) is 3. The molecule has 0 rings (SSSR count). The number of aliphatic hydroxyl groups excluding tert-OH is 1. The molecule has 1 N–H and O–H groups in total. The van der Waals surface area contributed by atoms with Gasteiger partial charge in [0.1, 0.15) is 0 Å². The Morgan fingerprint density at radius 3 is 1.32 bits per heavy atom. The SMILES string of the molecule is CCCCCCCCCCCCCCCCCCN(CCO)CCS. The van der Waals surface area contributed by atoms with Crippen molar-refractivity contribution in [2.24, 2.45) is 0 Å². The highest BCUT2D eigenvalue weighted by molar-refractivity contribution is 7.80. The molecular formula is C22H47NOS. The van der Waals surface area contributed by atoms with Crippen molar-refractivity contribution in [3.05, 3.63) is 0 Å². The lowest BCUT2D eigenvalue weighted by atomic mass is 10.0. The van der Waals surface area contributed by atoms with E-state index in [4.69, 9.17) is 5.11 Å². The first-order valence-corrected chi connectivity index (χ1v) is 11.9. The normalized spacial score (nSPS) is 11.5. The molecule has 25 heavy (non-hydrogen) atoms. The topological polar surface area (TPSA) is 23.5 Å². The standard InChI is InChI=1S/C22H47NOS/c1-2-3-4-5-6-7-8-9-10-11-12-13-14-15-16-17-18-23(19-21-24)20-22-25/h24-25H,2-22H2,1H3. The van der Waals surface area contributed by atoms with Gasteiger partial charge in [-0.2, -0.15) is 12.6 Å². The molecule has 0 fully saturated rings. The van der Waals surface area contributed by atoms with Gasteiger partial charge in [0, 0.05) is 18.8 Å². The molecule has 0 radical (unpaired) electrons. The van der Waals surface area contributed by atoms with Gasteiger partial charge in [-0.1, -0.05) is 103 Å². The zero-order chi connectivity index (χ0) is 18.4. The van der Waals surface area contributed by atoms with Gasteiger partial charge in [0.25, 0.3) is 0 Å². The summed E-state index contributed by atoms with van der Waals surface area (Å²) in [5.41, 5.74) is 0. The number of nitrogens with zero attached hydrogens (tertiary/aromatic N) is 1. The maximum absolute atomic E-state index is 9.03. The molecular weight excluding hydrogens is 326 g/mol. The third-order valence-corrected chi connectivity index (χ3v) is 5.36. The lowest BCUT2D eigenvalue weighted by Gasteiger charge is -2.19. The average molecular weight is 374 g/mol. The summed E-state index contributed by atoms with van der Waals surface area (Å²) in [5.74, 6) is 0.888. The van der Waals surface area contributed by atoms with E-state index in [-0.39, 0.29) is 6.61 Å². The van der Waals surface area contributed by atoms with Crippen molar-refractivity contribution in [2.75, 3.05) is 32.0 Å². The van der Waals surface area contributed by atoms with Crippen LogP contribution in [0.25, 0.3) is 0 Å². The van der Waals surface area contributed by atoms with Gasteiger partial charge >= 0.3 is 0 Å². The van der Waals surface area contributed by atoms with E-state index in [0.29, 0.717) is 0 Å². The smallest absolute Gasteiger partial charge is 0.0558 e. The summed E-state index contributed by atoms with van der Waals surface area (Å²) in [5, 5.41) is 9.03. The molecule has 0 unspecified atom stereocenters. The van der Waals surface area contributed by atoms with E-state index in [2.05, 4.69) is 24.5 Å². The van der Waals surface area contributed by atoms with Gasteiger partial charge in [-0.3, -0.25) is 0 Å². The number of unbranched alkanes of at least 4 members (excludes halogenated alkanes) is 15. The Morgan fingerprint density at radius 2 is 0.960 bits per heavy atom. The Labute approximate surface area is 164 Å². The Balaban J connectivity index is 3.13. The third kappa shape index (κ3) is 20.4. The Bertz CT molecular complexity index is 232. The minimum Gasteiger partial charge on any atom is -0.395 e. The summed E-state index contributed by atoms with van der Waals surface area (Å²) in [6.45, 7) is 5.49. The van der Waals surface area contributed by atoms with Crippen LogP contribution >= 0.6 is 12.6 Å². The van der Waals surface area contributed by atoms with Crippen LogP contribution in [0, 0.1) is 0 Å². The molecule has 0 atom stereocenters. The molecule has 0 amide bonds. The molecule has 0 aromatic heterocycles. The number of hydrogen-bond donors (Lipinski definition) is 2. The van der Waals surface area contributed by atoms with Crippen LogP contribution < -0.4 is 0 Å². The Kier molecular flexibility index (Phi) is 22.6. The van der Waals surface area contributed by atoms with Crippen molar-refractivity contribution < 1.29 is 5.11 Å². The highest BCUT2D eigenvalue weighted by atomic mass is 32.1. The lowest BCUT2D eigenvalue weighted by Crippen LogP contribution is -2.29. The van der Waals surface area contributed by atoms with Gasteiger partial charge in [-0.15, -0.1) is 0 Å². The minimum absolute atomic E-state index is 0.270. The zero-order valence-corrected chi connectivity index (χ0v) is 18.1. The van der Waals surface area contributed by atoms with Crippen molar-refractivity contribution in [2.45, 2.75) is 110 Å². The van der Waals surface area contributed by atoms with Gasteiger partial charge < -0.3 is 10.0 Å². The van der Waals surface area contributed by atoms with Crippen molar-refractivity contribution in [3.8, 4) is 0 Å². The minimum atomic E-state index is 0.270. The summed E-state index contributed by atoms with van der Waals surface area (Å²) in [6.07, 6.45) is 22.7. The molecule has 152 valence electrons. The molecule has 0 spiro atoms. The summed E-state index contributed by atoms with van der Waals surface area (Å²) >= 11 is 4.28. The highest BCUT2D eigenvalue weighted by Crippen LogP contribution is 2.13. The molecule has 2 nitrogen and oxygen atoms in total. The Morgan fingerprint density at radius 1 is 0.560 bits per heavy atom. The van der Waals surface area contributed by atoms with E-state index in [1.54, 1.807) is 0 Å². The van der Waals surface area contributed by atoms with E-state index < -0.39 is 0 Å². The molecule has 0 saturated heterocycles. The van der Waals surface area contributed by atoms with Gasteiger partial charge in [0.2, 0.25) is 0 Å². The van der Waals surface area contributed by atoms with Crippen molar-refractivity contribution in [1.29, 1.82) is 0 Å². The summed E-state index contributed by atoms with van der Waals surface area (Å²) in [7, 11) is 0. The molecule has 0 aromatic rings. The third-order valence-electron chi connectivity index (χ3n) is 5.16. The zero-order valence-electron chi connectivity index (χ0n) is 17.2. The van der Waals surface area contributed by atoms with E-state index in [1.165, 1.54) is 103 Å². The molecule has 0 saturated carbocycles. The summed E-state index contributed by atoms with van der Waals surface area (Å²) in [4.78, 5) is 2.33. The second-order valence-corrected chi connectivity index (χ2v) is 8.04. The quantitative estimate of drug-likeness (QED) is 0.178. The number of rotatable bonds is 21. The molecule has 0 aliphatic heterocycles. The van der Waals surface area contributed by atoms with E-state index in [0.717, 1.165) is 25.4 Å². The molecule has 0 aliphatic rings. The largest absolute Gasteiger partial charge is 0.395 e. The van der Waals surface area contributed by atoms with Gasteiger partial charge in [0.15, 0.2) is 0 Å². The van der Waals surface area contributed by atoms with Crippen LogP contribution in [-0.4, -0.2) is 42.0 Å². The first-order chi connectivity index (χ1) is 12.3. The van der Waals surface area contributed by atoms with E-state index in [9.17, 15) is 0 Å². The summed E-state index contributed by atoms with van der Waals surface area (Å²) < 4.78 is 0. The number of thiol groups is 1. The monoisotopic (exact) mass is 373 g/mol. The Hall–Kier alpha value is 0.270. The fourth-order valence-corrected chi connectivity index (χ4v) is 3.78. The lowest BCUT2D eigenvalue weighted by molar-refractivity contribution is 0.200. The van der Waals surface area contributed by atoms with Crippen LogP contribution in [0.15, 0.2) is 0 Å². The molecule has 3 heteroatoms. The second kappa shape index (κ2) is 22.3. The van der Waals surface area contributed by atoms with Crippen LogP contribution in [0.4, 0.5) is 0 Å². The van der Waals surface area contributed by atoms with Crippen molar-refractivity contribution in [1.82, 2.24) is 4.90 Å².